The van der Waals surface area contributed by atoms with Crippen molar-refractivity contribution in [2.75, 3.05) is 20.8 Å². The molecule has 1 aliphatic rings. The third-order valence-electron chi connectivity index (χ3n) is 4.40. The molecule has 0 heterocycles. The molecule has 0 spiro atoms. The van der Waals surface area contributed by atoms with Crippen LogP contribution in [0.15, 0.2) is 0 Å². The quantitative estimate of drug-likeness (QED) is 0.865. The van der Waals surface area contributed by atoms with Gasteiger partial charge in [-0.2, -0.15) is 0 Å². The van der Waals surface area contributed by atoms with Crippen LogP contribution in [0, 0.1) is 12.3 Å². The summed E-state index contributed by atoms with van der Waals surface area (Å²) in [5, 5.41) is 18.8. The summed E-state index contributed by atoms with van der Waals surface area (Å²) in [5.41, 5.74) is 2.78. The molecule has 1 aliphatic carbocycles. The summed E-state index contributed by atoms with van der Waals surface area (Å²) in [6, 6.07) is 0. The zero-order valence-electron chi connectivity index (χ0n) is 12.9. The van der Waals surface area contributed by atoms with E-state index in [0.717, 1.165) is 28.0 Å². The minimum atomic E-state index is -0.840. The molecule has 116 valence electrons. The number of aliphatic hydroxyl groups excluding tert-OH is 1. The predicted molar refractivity (Wildman–Crippen MR) is 78.2 cm³/mol. The number of rotatable bonds is 5. The zero-order chi connectivity index (χ0) is 15.8. The number of aliphatic hydroxyl groups is 1. The normalized spacial score (nSPS) is 20.2. The summed E-state index contributed by atoms with van der Waals surface area (Å²) in [5.74, 6) is 0.603. The number of ether oxygens (including phenoxy) is 2. The van der Waals surface area contributed by atoms with Crippen molar-refractivity contribution in [3.8, 4) is 11.5 Å². The Bertz CT molecular complexity index is 579. The molecule has 0 saturated carbocycles. The van der Waals surface area contributed by atoms with Gasteiger partial charge in [0, 0.05) is 23.3 Å². The highest BCUT2D eigenvalue weighted by molar-refractivity contribution is 5.78. The third kappa shape index (κ3) is 2.35. The molecule has 21 heavy (non-hydrogen) atoms. The standard InChI is InChI=1S/C16H22O5/c1-9-10(5-6-17)14(21-4)12-8-16(2,15(18)19)7-11(12)13(9)20-3/h17H,5-8H2,1-4H3,(H,18,19)/t16-/m0/s1. The Balaban J connectivity index is 2.68. The van der Waals surface area contributed by atoms with Gasteiger partial charge in [-0.05, 0) is 38.7 Å². The molecule has 0 saturated heterocycles. The summed E-state index contributed by atoms with van der Waals surface area (Å²) in [6.07, 6.45) is 1.30. The lowest BCUT2D eigenvalue weighted by Crippen LogP contribution is -2.27. The molecular formula is C16H22O5. The Morgan fingerprint density at radius 2 is 1.71 bits per heavy atom. The number of methoxy groups -OCH3 is 2. The van der Waals surface area contributed by atoms with Gasteiger partial charge >= 0.3 is 5.97 Å². The summed E-state index contributed by atoms with van der Waals surface area (Å²) in [4.78, 5) is 11.6. The fourth-order valence-corrected chi connectivity index (χ4v) is 3.29. The van der Waals surface area contributed by atoms with Crippen LogP contribution in [0.4, 0.5) is 0 Å². The first kappa shape index (κ1) is 15.6. The van der Waals surface area contributed by atoms with Crippen LogP contribution < -0.4 is 9.47 Å². The average molecular weight is 294 g/mol. The van der Waals surface area contributed by atoms with Gasteiger partial charge in [0.05, 0.1) is 19.6 Å². The molecule has 0 radical (unpaired) electrons. The minimum absolute atomic E-state index is 0.00927. The molecule has 2 N–H and O–H groups in total. The van der Waals surface area contributed by atoms with Crippen molar-refractivity contribution < 1.29 is 24.5 Å². The topological polar surface area (TPSA) is 76.0 Å². The number of aliphatic carboxylic acids is 1. The van der Waals surface area contributed by atoms with Crippen LogP contribution >= 0.6 is 0 Å². The summed E-state index contributed by atoms with van der Waals surface area (Å²) in [6.45, 7) is 3.67. The summed E-state index contributed by atoms with van der Waals surface area (Å²) < 4.78 is 11.1. The van der Waals surface area contributed by atoms with E-state index in [1.165, 1.54) is 0 Å². The lowest BCUT2D eigenvalue weighted by Gasteiger charge is -2.19. The van der Waals surface area contributed by atoms with Gasteiger partial charge in [-0.15, -0.1) is 0 Å². The smallest absolute Gasteiger partial charge is 0.310 e. The number of hydrogen-bond acceptors (Lipinski definition) is 4. The number of fused-ring (bicyclic) bond motifs is 1. The van der Waals surface area contributed by atoms with E-state index in [0.29, 0.717) is 25.0 Å². The monoisotopic (exact) mass is 294 g/mol. The van der Waals surface area contributed by atoms with Crippen LogP contribution in [0.1, 0.15) is 29.2 Å². The first-order valence-electron chi connectivity index (χ1n) is 6.99. The number of carbonyl (C=O) groups is 1. The molecule has 0 aliphatic heterocycles. The maximum absolute atomic E-state index is 11.6. The van der Waals surface area contributed by atoms with Crippen LogP contribution in [-0.2, 0) is 24.1 Å². The highest BCUT2D eigenvalue weighted by atomic mass is 16.5. The second-order valence-electron chi connectivity index (χ2n) is 5.82. The second kappa shape index (κ2) is 5.56. The van der Waals surface area contributed by atoms with Crippen molar-refractivity contribution in [3.05, 3.63) is 22.3 Å². The Kier molecular flexibility index (Phi) is 4.14. The van der Waals surface area contributed by atoms with Crippen molar-refractivity contribution in [1.82, 2.24) is 0 Å². The van der Waals surface area contributed by atoms with Gasteiger partial charge in [-0.3, -0.25) is 4.79 Å². The lowest BCUT2D eigenvalue weighted by atomic mass is 9.87. The molecule has 5 nitrogen and oxygen atoms in total. The summed E-state index contributed by atoms with van der Waals surface area (Å²) in [7, 11) is 3.17. The molecule has 2 rings (SSSR count). The van der Waals surface area contributed by atoms with Gasteiger partial charge in [-0.1, -0.05) is 0 Å². The van der Waals surface area contributed by atoms with Crippen molar-refractivity contribution in [2.24, 2.45) is 5.41 Å². The van der Waals surface area contributed by atoms with E-state index >= 15 is 0 Å². The third-order valence-corrected chi connectivity index (χ3v) is 4.40. The van der Waals surface area contributed by atoms with Crippen LogP contribution in [0.5, 0.6) is 11.5 Å². The molecule has 1 aromatic carbocycles. The van der Waals surface area contributed by atoms with Crippen LogP contribution in [0.3, 0.4) is 0 Å². The first-order valence-corrected chi connectivity index (χ1v) is 6.99. The number of carboxylic acids is 1. The highest BCUT2D eigenvalue weighted by Crippen LogP contribution is 2.48. The van der Waals surface area contributed by atoms with Gasteiger partial charge in [0.15, 0.2) is 0 Å². The van der Waals surface area contributed by atoms with Crippen molar-refractivity contribution >= 4 is 5.97 Å². The largest absolute Gasteiger partial charge is 0.496 e. The van der Waals surface area contributed by atoms with E-state index < -0.39 is 11.4 Å². The van der Waals surface area contributed by atoms with E-state index in [4.69, 9.17) is 9.47 Å². The average Bonchev–Trinajstić information content (AvgIpc) is 2.79. The molecule has 0 unspecified atom stereocenters. The van der Waals surface area contributed by atoms with Crippen LogP contribution in [0.25, 0.3) is 0 Å². The zero-order valence-corrected chi connectivity index (χ0v) is 12.9. The first-order chi connectivity index (χ1) is 9.89. The van der Waals surface area contributed by atoms with Crippen molar-refractivity contribution in [1.29, 1.82) is 0 Å². The van der Waals surface area contributed by atoms with E-state index in [-0.39, 0.29) is 6.61 Å². The number of hydrogen-bond donors (Lipinski definition) is 2. The molecular weight excluding hydrogens is 272 g/mol. The maximum Gasteiger partial charge on any atom is 0.310 e. The van der Waals surface area contributed by atoms with E-state index in [1.54, 1.807) is 21.1 Å². The highest BCUT2D eigenvalue weighted by Gasteiger charge is 2.43. The molecule has 1 aromatic rings. The minimum Gasteiger partial charge on any atom is -0.496 e. The van der Waals surface area contributed by atoms with Crippen LogP contribution in [0.2, 0.25) is 0 Å². The summed E-state index contributed by atoms with van der Waals surface area (Å²) >= 11 is 0. The van der Waals surface area contributed by atoms with E-state index in [9.17, 15) is 15.0 Å². The van der Waals surface area contributed by atoms with E-state index in [1.807, 2.05) is 6.92 Å². The number of carboxylic acid groups (broad SMARTS) is 1. The molecule has 0 amide bonds. The lowest BCUT2D eigenvalue weighted by molar-refractivity contribution is -0.147. The Labute approximate surface area is 124 Å². The van der Waals surface area contributed by atoms with Gasteiger partial charge in [0.2, 0.25) is 0 Å². The van der Waals surface area contributed by atoms with Gasteiger partial charge in [-0.25, -0.2) is 0 Å². The molecule has 0 aromatic heterocycles. The van der Waals surface area contributed by atoms with Crippen molar-refractivity contribution in [2.45, 2.75) is 33.1 Å². The molecule has 1 atom stereocenters. The van der Waals surface area contributed by atoms with Gasteiger partial charge in [0.25, 0.3) is 0 Å². The second-order valence-corrected chi connectivity index (χ2v) is 5.82. The molecule has 0 bridgehead atoms. The SMILES string of the molecule is COc1c(C)c(CCO)c(OC)c2c1C[C@](C)(C(=O)O)C2. The fraction of sp³-hybridized carbons (Fsp3) is 0.562. The fourth-order valence-electron chi connectivity index (χ4n) is 3.29. The molecule has 0 fully saturated rings. The Morgan fingerprint density at radius 1 is 1.19 bits per heavy atom. The molecule has 5 heteroatoms. The predicted octanol–water partition coefficient (Wildman–Crippen LogP) is 1.74. The van der Waals surface area contributed by atoms with Crippen LogP contribution in [-0.4, -0.2) is 37.0 Å². The maximum atomic E-state index is 11.6. The van der Waals surface area contributed by atoms with Crippen molar-refractivity contribution in [3.63, 3.8) is 0 Å². The number of benzene rings is 1. The van der Waals surface area contributed by atoms with Gasteiger partial charge < -0.3 is 19.7 Å². The van der Waals surface area contributed by atoms with Gasteiger partial charge in [0.1, 0.15) is 11.5 Å². The Morgan fingerprint density at radius 3 is 2.14 bits per heavy atom. The van der Waals surface area contributed by atoms with E-state index in [2.05, 4.69) is 0 Å². The Hall–Kier alpha value is -1.75.